The molecule has 5 nitrogen and oxygen atoms in total. The fourth-order valence-electron chi connectivity index (χ4n) is 4.60. The lowest BCUT2D eigenvalue weighted by Gasteiger charge is -2.29. The summed E-state index contributed by atoms with van der Waals surface area (Å²) in [6.45, 7) is 4.12. The molecule has 0 saturated heterocycles. The van der Waals surface area contributed by atoms with Gasteiger partial charge in [0.25, 0.3) is 0 Å². The molecule has 1 aromatic heterocycles. The average molecular weight is 498 g/mol. The summed E-state index contributed by atoms with van der Waals surface area (Å²) < 4.78 is 41.8. The monoisotopic (exact) mass is 497 g/mol. The molecule has 9 heteroatoms. The number of rotatable bonds is 9. The van der Waals surface area contributed by atoms with Crippen LogP contribution in [0.25, 0.3) is 0 Å². The first-order chi connectivity index (χ1) is 15.8. The topological polar surface area (TPSA) is 65.5 Å². The Bertz CT molecular complexity index is 998. The molecule has 0 aliphatic heterocycles. The third-order valence-electron chi connectivity index (χ3n) is 6.90. The van der Waals surface area contributed by atoms with Crippen molar-refractivity contribution in [3.05, 3.63) is 57.9 Å². The predicted molar refractivity (Wildman–Crippen MR) is 126 cm³/mol. The van der Waals surface area contributed by atoms with Crippen molar-refractivity contribution >= 4 is 17.5 Å². The Morgan fingerprint density at radius 1 is 1.24 bits per heavy atom. The van der Waals surface area contributed by atoms with E-state index in [0.717, 1.165) is 16.7 Å². The lowest BCUT2D eigenvalue weighted by molar-refractivity contribution is -0.195. The van der Waals surface area contributed by atoms with Crippen LogP contribution in [-0.2, 0) is 11.2 Å². The number of hydrogen-bond donors (Lipinski definition) is 2. The van der Waals surface area contributed by atoms with Gasteiger partial charge in [-0.15, -0.1) is 0 Å². The summed E-state index contributed by atoms with van der Waals surface area (Å²) in [5.74, 6) is -1.30. The molecular weight excluding hydrogens is 467 g/mol. The molecule has 1 aliphatic carbocycles. The van der Waals surface area contributed by atoms with Crippen LogP contribution in [0.1, 0.15) is 47.6 Å². The van der Waals surface area contributed by atoms with Crippen LogP contribution in [0.15, 0.2) is 30.5 Å². The van der Waals surface area contributed by atoms with Crippen molar-refractivity contribution in [2.45, 2.75) is 57.7 Å². The summed E-state index contributed by atoms with van der Waals surface area (Å²) in [5, 5.41) is 13.0. The third kappa shape index (κ3) is 5.84. The maximum Gasteiger partial charge on any atom is 0.395 e. The zero-order valence-corrected chi connectivity index (χ0v) is 20.6. The Morgan fingerprint density at radius 2 is 1.85 bits per heavy atom. The van der Waals surface area contributed by atoms with E-state index >= 15 is 0 Å². The lowest BCUT2D eigenvalue weighted by atomic mass is 9.82. The number of nitrogens with one attached hydrogen (secondary N) is 1. The van der Waals surface area contributed by atoms with Gasteiger partial charge in [0, 0.05) is 36.8 Å². The van der Waals surface area contributed by atoms with Gasteiger partial charge in [0.1, 0.15) is 5.75 Å². The predicted octanol–water partition coefficient (Wildman–Crippen LogP) is 5.16. The number of benzene rings is 1. The summed E-state index contributed by atoms with van der Waals surface area (Å²) in [5.41, 5.74) is 1.28. The van der Waals surface area contributed by atoms with Crippen LogP contribution < -0.4 is 5.32 Å². The zero-order chi connectivity index (χ0) is 25.3. The van der Waals surface area contributed by atoms with Crippen LogP contribution in [0.3, 0.4) is 0 Å². The average Bonchev–Trinajstić information content (AvgIpc) is 3.53. The van der Waals surface area contributed by atoms with Gasteiger partial charge in [0.2, 0.25) is 5.91 Å². The van der Waals surface area contributed by atoms with Gasteiger partial charge in [0.05, 0.1) is 10.4 Å². The molecule has 1 aromatic carbocycles. The number of hydrogen-bond acceptors (Lipinski definition) is 4. The summed E-state index contributed by atoms with van der Waals surface area (Å²) in [4.78, 5) is 19.0. The van der Waals surface area contributed by atoms with Crippen molar-refractivity contribution in [1.82, 2.24) is 15.2 Å². The zero-order valence-electron chi connectivity index (χ0n) is 19.8. The van der Waals surface area contributed by atoms with Crippen molar-refractivity contribution in [1.29, 1.82) is 0 Å². The molecule has 3 rings (SSSR count). The van der Waals surface area contributed by atoms with E-state index in [-0.39, 0.29) is 43.3 Å². The van der Waals surface area contributed by atoms with Crippen molar-refractivity contribution in [3.8, 4) is 5.75 Å². The summed E-state index contributed by atoms with van der Waals surface area (Å²) in [6.07, 6.45) is -2.81. The van der Waals surface area contributed by atoms with Gasteiger partial charge in [0.15, 0.2) is 0 Å². The van der Waals surface area contributed by atoms with Gasteiger partial charge in [-0.25, -0.2) is 0 Å². The molecule has 0 radical (unpaired) electrons. The lowest BCUT2D eigenvalue weighted by Crippen LogP contribution is -2.43. The number of likely N-dealkylation sites (N-methyl/N-ethyl adjacent to an activating group) is 1. The number of amides is 1. The van der Waals surface area contributed by atoms with E-state index in [2.05, 4.69) is 10.3 Å². The highest BCUT2D eigenvalue weighted by Crippen LogP contribution is 2.65. The highest BCUT2D eigenvalue weighted by Gasteiger charge is 2.67. The van der Waals surface area contributed by atoms with E-state index in [4.69, 9.17) is 11.6 Å². The number of aromatic hydroxyl groups is 1. The van der Waals surface area contributed by atoms with Gasteiger partial charge in [-0.3, -0.25) is 9.78 Å². The Kier molecular flexibility index (Phi) is 7.82. The molecule has 0 spiro atoms. The molecule has 1 unspecified atom stereocenters. The van der Waals surface area contributed by atoms with E-state index in [1.54, 1.807) is 12.1 Å². The normalized spacial score (nSPS) is 16.9. The number of carbonyl (C=O) groups excluding carboxylic acids is 1. The smallest absolute Gasteiger partial charge is 0.395 e. The van der Waals surface area contributed by atoms with Gasteiger partial charge in [-0.05, 0) is 88.2 Å². The van der Waals surface area contributed by atoms with E-state index in [9.17, 15) is 23.1 Å². The van der Waals surface area contributed by atoms with Crippen LogP contribution in [0.4, 0.5) is 13.2 Å². The summed E-state index contributed by atoms with van der Waals surface area (Å²) in [7, 11) is 3.79. The highest BCUT2D eigenvalue weighted by atomic mass is 35.5. The minimum atomic E-state index is -4.42. The molecule has 2 atom stereocenters. The standard InChI is InChI=1S/C25H31ClF3N3O2/c1-15-9-19(33)10-16(2)20(15)11-18(32(3)4)14-31-23(34)12-21(22-6-5-17(26)13-30-22)24(7-8-24)25(27,28)29/h5-6,9-10,13,18,21,33H,7-8,11-12,14H2,1-4H3,(H,31,34)/t18-,21?/m0/s1. The second-order valence-corrected chi connectivity index (χ2v) is 9.93. The van der Waals surface area contributed by atoms with Gasteiger partial charge < -0.3 is 15.3 Å². The highest BCUT2D eigenvalue weighted by molar-refractivity contribution is 6.30. The molecule has 1 fully saturated rings. The van der Waals surface area contributed by atoms with Crippen LogP contribution in [-0.4, -0.2) is 53.8 Å². The number of phenolic OH excluding ortho intramolecular Hbond substituents is 1. The van der Waals surface area contributed by atoms with Crippen molar-refractivity contribution < 1.29 is 23.1 Å². The Hall–Kier alpha value is -2.32. The second kappa shape index (κ2) is 10.1. The molecule has 1 amide bonds. The first-order valence-electron chi connectivity index (χ1n) is 11.2. The van der Waals surface area contributed by atoms with Crippen LogP contribution >= 0.6 is 11.6 Å². The van der Waals surface area contributed by atoms with Crippen molar-refractivity contribution in [2.75, 3.05) is 20.6 Å². The molecular formula is C25H31ClF3N3O2. The van der Waals surface area contributed by atoms with Gasteiger partial charge in [-0.1, -0.05) is 11.6 Å². The number of pyridine rings is 1. The molecule has 0 bridgehead atoms. The third-order valence-corrected chi connectivity index (χ3v) is 7.13. The molecule has 186 valence electrons. The minimum absolute atomic E-state index is 0.0154. The largest absolute Gasteiger partial charge is 0.508 e. The molecule has 1 saturated carbocycles. The molecule has 1 heterocycles. The number of aryl methyl sites for hydroxylation is 2. The Labute approximate surface area is 203 Å². The van der Waals surface area contributed by atoms with E-state index in [1.807, 2.05) is 32.8 Å². The number of alkyl halides is 3. The van der Waals surface area contributed by atoms with Crippen LogP contribution in [0.2, 0.25) is 5.02 Å². The van der Waals surface area contributed by atoms with E-state index in [0.29, 0.717) is 11.4 Å². The summed E-state index contributed by atoms with van der Waals surface area (Å²) in [6, 6.07) is 6.31. The number of phenols is 1. The maximum absolute atomic E-state index is 13.9. The van der Waals surface area contributed by atoms with Gasteiger partial charge >= 0.3 is 6.18 Å². The number of halogens is 4. The van der Waals surface area contributed by atoms with Crippen LogP contribution in [0, 0.1) is 19.3 Å². The van der Waals surface area contributed by atoms with E-state index in [1.165, 1.54) is 18.3 Å². The van der Waals surface area contributed by atoms with Gasteiger partial charge in [-0.2, -0.15) is 13.2 Å². The Balaban J connectivity index is 1.73. The fourth-order valence-corrected chi connectivity index (χ4v) is 4.71. The first kappa shape index (κ1) is 26.3. The fraction of sp³-hybridized carbons (Fsp3) is 0.520. The molecule has 2 aromatic rings. The SMILES string of the molecule is Cc1cc(O)cc(C)c1C[C@@H](CNC(=O)CC(c1ccc(Cl)cn1)C1(C(F)(F)F)CC1)N(C)C. The molecule has 1 aliphatic rings. The number of aromatic nitrogens is 1. The Morgan fingerprint density at radius 3 is 2.32 bits per heavy atom. The quantitative estimate of drug-likeness (QED) is 0.502. The number of carbonyl (C=O) groups is 1. The van der Waals surface area contributed by atoms with Crippen LogP contribution in [0.5, 0.6) is 5.75 Å². The second-order valence-electron chi connectivity index (χ2n) is 9.50. The van der Waals surface area contributed by atoms with E-state index < -0.39 is 23.4 Å². The van der Waals surface area contributed by atoms with Crippen molar-refractivity contribution in [2.24, 2.45) is 5.41 Å². The molecule has 2 N–H and O–H groups in total. The summed E-state index contributed by atoms with van der Waals surface area (Å²) >= 11 is 5.87. The minimum Gasteiger partial charge on any atom is -0.508 e. The maximum atomic E-state index is 13.9. The number of nitrogens with zero attached hydrogens (tertiary/aromatic N) is 2. The molecule has 34 heavy (non-hydrogen) atoms. The first-order valence-corrected chi connectivity index (χ1v) is 11.6. The van der Waals surface area contributed by atoms with Crippen molar-refractivity contribution in [3.63, 3.8) is 0 Å².